The summed E-state index contributed by atoms with van der Waals surface area (Å²) in [5, 5.41) is 24.4. The molecule has 5 nitrogen and oxygen atoms in total. The molecule has 1 N–H and O–H groups in total. The number of aliphatic carboxylic acids is 2. The van der Waals surface area contributed by atoms with Gasteiger partial charge in [0.1, 0.15) is 6.42 Å². The Hall–Kier alpha value is 1.01. The molecule has 0 fully saturated rings. The number of carbonyl (C=O) groups is 2. The molecule has 70 valence electrons. The molecule has 14 heavy (non-hydrogen) atoms. The predicted molar refractivity (Wildman–Crippen MR) is 33.6 cm³/mol. The summed E-state index contributed by atoms with van der Waals surface area (Å²) < 4.78 is 0. The Morgan fingerprint density at radius 1 is 1.43 bits per heavy atom. The number of hydrogen-bond donors (Lipinski definition) is 1. The first-order valence-corrected chi connectivity index (χ1v) is 2.92. The minimum absolute atomic E-state index is 0. The van der Waals surface area contributed by atoms with E-state index in [0.717, 1.165) is 0 Å². The maximum absolute atomic E-state index is 9.38. The van der Waals surface area contributed by atoms with E-state index in [9.17, 15) is 4.79 Å². The maximum Gasteiger partial charge on any atom is 1.00 e. The summed E-state index contributed by atoms with van der Waals surface area (Å²) in [6.45, 7) is 0. The number of alkyl halides is 1. The van der Waals surface area contributed by atoms with E-state index in [1.807, 2.05) is 0 Å². The first-order chi connectivity index (χ1) is 5.04. The Bertz CT molecular complexity index is 185. The second kappa shape index (κ2) is 23.7. The number of carboxylic acids is 2. The van der Waals surface area contributed by atoms with Gasteiger partial charge < -0.3 is 27.4 Å². The second-order valence-corrected chi connectivity index (χ2v) is 1.50. The number of nitriles is 1. The van der Waals surface area contributed by atoms with Crippen LogP contribution in [0.5, 0.6) is 0 Å². The van der Waals surface area contributed by atoms with Gasteiger partial charge in [0.25, 0.3) is 0 Å². The third-order valence-corrected chi connectivity index (χ3v) is 0.558. The smallest absolute Gasteiger partial charge is 1.00 e. The van der Waals surface area contributed by atoms with Gasteiger partial charge in [0.15, 0.2) is 0 Å². The van der Waals surface area contributed by atoms with Gasteiger partial charge in [-0.1, -0.05) is 0 Å². The molecule has 0 atom stereocenters. The number of nitrogens with zero attached hydrogens (tertiary/aromatic N) is 1. The van der Waals surface area contributed by atoms with Crippen LogP contribution in [0.2, 0.25) is 0 Å². The molecule has 0 radical (unpaired) electrons. The van der Waals surface area contributed by atoms with Gasteiger partial charge in [-0.25, -0.2) is 0 Å². The van der Waals surface area contributed by atoms with Gasteiger partial charge in [0, 0.05) is 0 Å². The topological polar surface area (TPSA) is 101 Å². The average molecular weight is 260 g/mol. The Morgan fingerprint density at radius 3 is 1.71 bits per heavy atom. The van der Waals surface area contributed by atoms with E-state index in [2.05, 4.69) is 11.6 Å². The van der Waals surface area contributed by atoms with Crippen molar-refractivity contribution in [1.82, 2.24) is 0 Å². The zero-order chi connectivity index (χ0) is 9.28. The van der Waals surface area contributed by atoms with E-state index in [-0.39, 0.29) is 71.5 Å². The van der Waals surface area contributed by atoms with Crippen LogP contribution in [0.3, 0.4) is 0 Å². The molecule has 0 amide bonds. The van der Waals surface area contributed by atoms with Crippen LogP contribution in [0.15, 0.2) is 0 Å². The molecule has 0 aromatic rings. The van der Waals surface area contributed by atoms with Crippen LogP contribution in [0, 0.1) is 11.3 Å². The van der Waals surface area contributed by atoms with E-state index in [1.165, 1.54) is 6.07 Å². The van der Waals surface area contributed by atoms with E-state index >= 15 is 0 Å². The van der Waals surface area contributed by atoms with E-state index in [1.54, 1.807) is 0 Å². The van der Waals surface area contributed by atoms with Crippen molar-refractivity contribution in [3.63, 3.8) is 0 Å². The Kier molecular flexibility index (Phi) is 49.7. The molecule has 0 aromatic heterocycles. The van der Waals surface area contributed by atoms with Crippen LogP contribution >= 0.6 is 11.6 Å². The molecule has 0 bridgehead atoms. The molecular formula is C5H5Cl2NNa2O4. The van der Waals surface area contributed by atoms with Gasteiger partial charge in [-0.2, -0.15) is 5.26 Å². The summed E-state index contributed by atoms with van der Waals surface area (Å²) in [5.74, 6) is -2.72. The molecule has 0 aromatic carbocycles. The first-order valence-electron chi connectivity index (χ1n) is 2.39. The van der Waals surface area contributed by atoms with Crippen molar-refractivity contribution in [2.75, 3.05) is 5.88 Å². The fourth-order valence-corrected chi connectivity index (χ4v) is 0.0676. The van der Waals surface area contributed by atoms with Crippen LogP contribution in [0.25, 0.3) is 0 Å². The minimum atomic E-state index is -1.23. The van der Waals surface area contributed by atoms with Crippen LogP contribution in [-0.4, -0.2) is 22.9 Å². The minimum Gasteiger partial charge on any atom is -1.00 e. The third-order valence-electron chi connectivity index (χ3n) is 0.339. The average Bonchev–Trinajstić information content (AvgIpc) is 1.89. The van der Waals surface area contributed by atoms with Gasteiger partial charge in [-0.15, -0.1) is 11.6 Å². The molecule has 0 spiro atoms. The Balaban J connectivity index is -0.0000000321. The number of carbonyl (C=O) groups excluding carboxylic acids is 1. The van der Waals surface area contributed by atoms with Crippen LogP contribution < -0.4 is 76.6 Å². The SMILES string of the molecule is N#CCC(=O)O.O=C([O-])CCl.[Cl-].[Na+].[Na+]. The molecule has 0 aliphatic rings. The maximum atomic E-state index is 9.38. The van der Waals surface area contributed by atoms with Crippen molar-refractivity contribution >= 4 is 23.5 Å². The zero-order valence-electron chi connectivity index (χ0n) is 7.79. The van der Waals surface area contributed by atoms with E-state index < -0.39 is 24.2 Å². The molecule has 0 aliphatic heterocycles. The fraction of sp³-hybridized carbons (Fsp3) is 0.400. The summed E-state index contributed by atoms with van der Waals surface area (Å²) >= 11 is 4.67. The monoisotopic (exact) mass is 259 g/mol. The van der Waals surface area contributed by atoms with Gasteiger partial charge in [0.05, 0.1) is 17.9 Å². The van der Waals surface area contributed by atoms with Gasteiger partial charge in [-0.3, -0.25) is 4.79 Å². The summed E-state index contributed by atoms with van der Waals surface area (Å²) in [4.78, 5) is 18.5. The first kappa shape index (κ1) is 29.4. The standard InChI is InChI=1S/C3H3NO2.C2H3ClO2.ClH.2Na/c4-2-1-3(5)6;3-1-2(4)5;;;/h1H2,(H,5,6);1H2,(H,4,5);1H;;/q;;;2*+1/p-2. The molecule has 0 saturated carbocycles. The van der Waals surface area contributed by atoms with Crippen molar-refractivity contribution < 1.29 is 91.3 Å². The number of rotatable bonds is 2. The second-order valence-electron chi connectivity index (χ2n) is 1.23. The van der Waals surface area contributed by atoms with E-state index in [0.29, 0.717) is 0 Å². The van der Waals surface area contributed by atoms with Crippen LogP contribution in [0.4, 0.5) is 0 Å². The Morgan fingerprint density at radius 2 is 1.71 bits per heavy atom. The fourth-order valence-electron chi connectivity index (χ4n) is 0.0676. The molecule has 0 aliphatic carbocycles. The molecule has 9 heteroatoms. The summed E-state index contributed by atoms with van der Waals surface area (Å²) in [5.41, 5.74) is 0. The largest absolute Gasteiger partial charge is 1.00 e. The predicted octanol–water partition coefficient (Wildman–Crippen LogP) is -10.0. The zero-order valence-corrected chi connectivity index (χ0v) is 13.3. The van der Waals surface area contributed by atoms with Crippen LogP contribution in [-0.2, 0) is 9.59 Å². The van der Waals surface area contributed by atoms with Crippen molar-refractivity contribution in [1.29, 1.82) is 5.26 Å². The van der Waals surface area contributed by atoms with E-state index in [4.69, 9.17) is 20.3 Å². The van der Waals surface area contributed by atoms with Crippen LogP contribution in [0.1, 0.15) is 6.42 Å². The Labute approximate surface area is 137 Å². The molecule has 0 rings (SSSR count). The van der Waals surface area contributed by atoms with Crippen molar-refractivity contribution in [3.8, 4) is 6.07 Å². The summed E-state index contributed by atoms with van der Waals surface area (Å²) in [7, 11) is 0. The van der Waals surface area contributed by atoms with Crippen molar-refractivity contribution in [2.45, 2.75) is 6.42 Å². The van der Waals surface area contributed by atoms with Crippen molar-refractivity contribution in [2.24, 2.45) is 0 Å². The number of hydrogen-bond acceptors (Lipinski definition) is 4. The third kappa shape index (κ3) is 52.0. The molecule has 0 saturated heterocycles. The van der Waals surface area contributed by atoms with Crippen molar-refractivity contribution in [3.05, 3.63) is 0 Å². The molecule has 0 heterocycles. The quantitative estimate of drug-likeness (QED) is 0.392. The van der Waals surface area contributed by atoms with Gasteiger partial charge in [0.2, 0.25) is 0 Å². The molecule has 0 unspecified atom stereocenters. The van der Waals surface area contributed by atoms with Gasteiger partial charge in [-0.05, 0) is 0 Å². The number of halogens is 2. The van der Waals surface area contributed by atoms with Gasteiger partial charge >= 0.3 is 65.1 Å². The normalized spacial score (nSPS) is 5.43. The number of carboxylic acid groups (broad SMARTS) is 2. The summed E-state index contributed by atoms with van der Waals surface area (Å²) in [6.07, 6.45) is -0.403. The summed E-state index contributed by atoms with van der Waals surface area (Å²) in [6, 6.07) is 1.47. The molecular weight excluding hydrogens is 255 g/mol.